The molecule has 224 valence electrons. The molecule has 0 saturated carbocycles. The van der Waals surface area contributed by atoms with Gasteiger partial charge < -0.3 is 14.3 Å². The molecule has 0 aliphatic heterocycles. The van der Waals surface area contributed by atoms with Crippen LogP contribution in [0.2, 0.25) is 0 Å². The minimum Gasteiger partial charge on any atom is -0.440 e. The molecule has 5 rings (SSSR count). The van der Waals surface area contributed by atoms with Crippen LogP contribution in [0.1, 0.15) is 28.4 Å². The highest BCUT2D eigenvalue weighted by Gasteiger charge is 2.35. The molecule has 0 atom stereocenters. The lowest BCUT2D eigenvalue weighted by molar-refractivity contribution is -0.274. The number of alkyl halides is 6. The molecule has 5 aromatic rings. The molecule has 0 saturated heterocycles. The van der Waals surface area contributed by atoms with Gasteiger partial charge in [0.25, 0.3) is 0 Å². The van der Waals surface area contributed by atoms with Crippen molar-refractivity contribution in [3.63, 3.8) is 0 Å². The zero-order valence-electron chi connectivity index (χ0n) is 22.7. The fourth-order valence-electron chi connectivity index (χ4n) is 4.70. The summed E-state index contributed by atoms with van der Waals surface area (Å²) in [4.78, 5) is 4.46. The predicted octanol–water partition coefficient (Wildman–Crippen LogP) is 8.34. The highest BCUT2D eigenvalue weighted by molar-refractivity contribution is 5.85. The number of hydrogen-bond acceptors (Lipinski definition) is 5. The largest absolute Gasteiger partial charge is 0.573 e. The maximum absolute atomic E-state index is 14.8. The number of aliphatic hydroxyl groups is 1. The molecular formula is C30H22F7N3O3. The van der Waals surface area contributed by atoms with Gasteiger partial charge in [0.1, 0.15) is 17.3 Å². The summed E-state index contributed by atoms with van der Waals surface area (Å²) in [5.74, 6) is -0.820. The van der Waals surface area contributed by atoms with E-state index in [0.29, 0.717) is 22.3 Å². The first kappa shape index (κ1) is 29.8. The van der Waals surface area contributed by atoms with Crippen molar-refractivity contribution in [3.8, 4) is 45.1 Å². The highest BCUT2D eigenvalue weighted by Crippen LogP contribution is 2.40. The van der Waals surface area contributed by atoms with Gasteiger partial charge in [-0.25, -0.2) is 14.1 Å². The molecule has 0 unspecified atom stereocenters. The standard InChI is InChI=1S/C30H22F7N3O3/c1-15-10-20(13-24(31)23(15)14-41)19-6-9-25(40-16(2)11-26(39-40)29(32,33)34)22(12-19)27-28(42-17(3)38-27)18-4-7-21(8-5-18)43-30(35,36)37/h4-13,41H,14H2,1-3H3. The Labute approximate surface area is 240 Å². The quantitative estimate of drug-likeness (QED) is 0.197. The molecule has 0 aliphatic carbocycles. The van der Waals surface area contributed by atoms with Gasteiger partial charge in [0, 0.05) is 29.3 Å². The summed E-state index contributed by atoms with van der Waals surface area (Å²) in [6.45, 7) is 4.10. The van der Waals surface area contributed by atoms with E-state index in [1.165, 1.54) is 38.1 Å². The summed E-state index contributed by atoms with van der Waals surface area (Å²) >= 11 is 0. The van der Waals surface area contributed by atoms with Gasteiger partial charge in [-0.2, -0.15) is 18.3 Å². The second-order valence-electron chi connectivity index (χ2n) is 9.71. The van der Waals surface area contributed by atoms with Gasteiger partial charge in [-0.3, -0.25) is 0 Å². The van der Waals surface area contributed by atoms with Gasteiger partial charge in [-0.05, 0) is 79.1 Å². The zero-order chi connectivity index (χ0) is 31.3. The molecule has 2 aromatic heterocycles. The SMILES string of the molecule is Cc1nc(-c2cc(-c3cc(C)c(CO)c(F)c3)ccc2-n2nc(C(F)(F)F)cc2C)c(-c2ccc(OC(F)(F)F)cc2)o1. The van der Waals surface area contributed by atoms with E-state index in [0.717, 1.165) is 22.9 Å². The van der Waals surface area contributed by atoms with E-state index in [1.54, 1.807) is 25.1 Å². The number of halogens is 7. The Morgan fingerprint density at radius 3 is 2.12 bits per heavy atom. The molecular weight excluding hydrogens is 583 g/mol. The van der Waals surface area contributed by atoms with Crippen LogP contribution in [0.4, 0.5) is 30.7 Å². The molecule has 43 heavy (non-hydrogen) atoms. The maximum atomic E-state index is 14.8. The van der Waals surface area contributed by atoms with Crippen molar-refractivity contribution in [1.29, 1.82) is 0 Å². The number of rotatable bonds is 6. The van der Waals surface area contributed by atoms with Gasteiger partial charge >= 0.3 is 12.5 Å². The van der Waals surface area contributed by atoms with Crippen LogP contribution >= 0.6 is 0 Å². The molecule has 0 fully saturated rings. The van der Waals surface area contributed by atoms with E-state index >= 15 is 0 Å². The van der Waals surface area contributed by atoms with Crippen molar-refractivity contribution in [1.82, 2.24) is 14.8 Å². The fourth-order valence-corrected chi connectivity index (χ4v) is 4.70. The van der Waals surface area contributed by atoms with Crippen LogP contribution in [0.15, 0.2) is 65.1 Å². The van der Waals surface area contributed by atoms with Crippen LogP contribution < -0.4 is 4.74 Å². The first-order chi connectivity index (χ1) is 20.1. The summed E-state index contributed by atoms with van der Waals surface area (Å²) in [6.07, 6.45) is -9.61. The third-order valence-electron chi connectivity index (χ3n) is 6.65. The predicted molar refractivity (Wildman–Crippen MR) is 142 cm³/mol. The van der Waals surface area contributed by atoms with Crippen molar-refractivity contribution < 1.29 is 45.0 Å². The number of aliphatic hydroxyl groups excluding tert-OH is 1. The fraction of sp³-hybridized carbons (Fsp3) is 0.200. The average Bonchev–Trinajstić information content (AvgIpc) is 3.50. The lowest BCUT2D eigenvalue weighted by atomic mass is 9.95. The van der Waals surface area contributed by atoms with E-state index in [1.807, 2.05) is 0 Å². The second-order valence-corrected chi connectivity index (χ2v) is 9.71. The Balaban J connectivity index is 1.72. The number of oxazole rings is 1. The first-order valence-corrected chi connectivity index (χ1v) is 12.7. The third kappa shape index (κ3) is 6.12. The smallest absolute Gasteiger partial charge is 0.440 e. The van der Waals surface area contributed by atoms with Crippen LogP contribution in [0.3, 0.4) is 0 Å². The summed E-state index contributed by atoms with van der Waals surface area (Å²) in [5, 5.41) is 13.3. The molecule has 0 spiro atoms. The normalized spacial score (nSPS) is 12.2. The van der Waals surface area contributed by atoms with Crippen LogP contribution in [0, 0.1) is 26.6 Å². The van der Waals surface area contributed by atoms with Gasteiger partial charge in [-0.1, -0.05) is 12.1 Å². The van der Waals surface area contributed by atoms with Crippen molar-refractivity contribution >= 4 is 0 Å². The topological polar surface area (TPSA) is 73.3 Å². The van der Waals surface area contributed by atoms with Crippen LogP contribution in [0.5, 0.6) is 5.75 Å². The number of aryl methyl sites for hydroxylation is 3. The lowest BCUT2D eigenvalue weighted by Gasteiger charge is -2.15. The van der Waals surface area contributed by atoms with Gasteiger partial charge in [0.05, 0.1) is 12.3 Å². The monoisotopic (exact) mass is 605 g/mol. The lowest BCUT2D eigenvalue weighted by Crippen LogP contribution is -2.16. The second kappa shape index (κ2) is 10.9. The highest BCUT2D eigenvalue weighted by atomic mass is 19.4. The molecule has 0 aliphatic rings. The van der Waals surface area contributed by atoms with E-state index < -0.39 is 36.4 Å². The Hall–Kier alpha value is -4.65. The van der Waals surface area contributed by atoms with Crippen molar-refractivity contribution in [2.24, 2.45) is 0 Å². The minimum atomic E-state index is -4.89. The Morgan fingerprint density at radius 1 is 0.860 bits per heavy atom. The number of nitrogens with zero attached hydrogens (tertiary/aromatic N) is 3. The summed E-state index contributed by atoms with van der Waals surface area (Å²) in [6, 6.07) is 13.3. The van der Waals surface area contributed by atoms with Gasteiger partial charge in [0.15, 0.2) is 17.3 Å². The van der Waals surface area contributed by atoms with Crippen molar-refractivity contribution in [3.05, 3.63) is 94.9 Å². The maximum Gasteiger partial charge on any atom is 0.573 e. The van der Waals surface area contributed by atoms with Gasteiger partial charge in [0.2, 0.25) is 0 Å². The zero-order valence-corrected chi connectivity index (χ0v) is 22.7. The van der Waals surface area contributed by atoms with E-state index in [9.17, 15) is 35.8 Å². The molecule has 0 radical (unpaired) electrons. The molecule has 1 N–H and O–H groups in total. The Bertz CT molecular complexity index is 1780. The number of benzene rings is 3. The summed E-state index contributed by atoms with van der Waals surface area (Å²) < 4.78 is 104. The molecule has 2 heterocycles. The average molecular weight is 606 g/mol. The summed E-state index contributed by atoms with van der Waals surface area (Å²) in [7, 11) is 0. The van der Waals surface area contributed by atoms with E-state index in [-0.39, 0.29) is 39.9 Å². The van der Waals surface area contributed by atoms with Gasteiger partial charge in [-0.15, -0.1) is 13.2 Å². The van der Waals surface area contributed by atoms with Crippen LogP contribution in [0.25, 0.3) is 39.4 Å². The number of aromatic nitrogens is 3. The van der Waals surface area contributed by atoms with Crippen LogP contribution in [-0.2, 0) is 12.8 Å². The van der Waals surface area contributed by atoms with Crippen LogP contribution in [-0.4, -0.2) is 26.2 Å². The molecule has 3 aromatic carbocycles. The molecule has 0 amide bonds. The molecule has 6 nitrogen and oxygen atoms in total. The first-order valence-electron chi connectivity index (χ1n) is 12.7. The molecule has 0 bridgehead atoms. The van der Waals surface area contributed by atoms with E-state index in [4.69, 9.17) is 4.42 Å². The number of hydrogen-bond donors (Lipinski definition) is 1. The van der Waals surface area contributed by atoms with Crippen molar-refractivity contribution in [2.45, 2.75) is 39.9 Å². The third-order valence-corrected chi connectivity index (χ3v) is 6.65. The summed E-state index contributed by atoms with van der Waals surface area (Å²) in [5.41, 5.74) is 1.45. The Kier molecular flexibility index (Phi) is 7.55. The Morgan fingerprint density at radius 2 is 1.53 bits per heavy atom. The minimum absolute atomic E-state index is 0.119. The van der Waals surface area contributed by atoms with E-state index in [2.05, 4.69) is 14.8 Å². The number of ether oxygens (including phenoxy) is 1. The molecule has 13 heteroatoms. The van der Waals surface area contributed by atoms with Crippen molar-refractivity contribution in [2.75, 3.05) is 0 Å².